The fourth-order valence-electron chi connectivity index (χ4n) is 2.89. The molecule has 25 heavy (non-hydrogen) atoms. The molecule has 1 aliphatic heterocycles. The van der Waals surface area contributed by atoms with Crippen molar-refractivity contribution in [2.24, 2.45) is 7.05 Å². The lowest BCUT2D eigenvalue weighted by atomic mass is 10.1. The van der Waals surface area contributed by atoms with Crippen molar-refractivity contribution in [1.82, 2.24) is 24.6 Å². The van der Waals surface area contributed by atoms with Gasteiger partial charge in [-0.05, 0) is 38.8 Å². The van der Waals surface area contributed by atoms with Gasteiger partial charge in [0.05, 0.1) is 6.54 Å². The van der Waals surface area contributed by atoms with Crippen LogP contribution in [0.5, 0.6) is 6.01 Å². The Bertz CT molecular complexity index is 828. The SMILES string of the molecule is Cc1cc(C)nc(O[C@H]2CCCN(C(=O)c3ccc(=O)n(C)n3)C2)n1. The van der Waals surface area contributed by atoms with E-state index in [1.165, 1.54) is 19.2 Å². The number of nitrogens with zero attached hydrogens (tertiary/aromatic N) is 5. The highest BCUT2D eigenvalue weighted by Crippen LogP contribution is 2.17. The Hall–Kier alpha value is -2.77. The second-order valence-corrected chi connectivity index (χ2v) is 6.25. The second kappa shape index (κ2) is 7.00. The average molecular weight is 343 g/mol. The summed E-state index contributed by atoms with van der Waals surface area (Å²) in [6.45, 7) is 4.86. The number of carbonyl (C=O) groups excluding carboxylic acids is 1. The molecule has 1 amide bonds. The van der Waals surface area contributed by atoms with Crippen LogP contribution in [-0.2, 0) is 7.05 Å². The monoisotopic (exact) mass is 343 g/mol. The number of piperidine rings is 1. The first-order chi connectivity index (χ1) is 11.9. The number of carbonyl (C=O) groups is 1. The maximum absolute atomic E-state index is 12.6. The molecule has 3 heterocycles. The number of hydrogen-bond donors (Lipinski definition) is 0. The highest BCUT2D eigenvalue weighted by Gasteiger charge is 2.27. The van der Waals surface area contributed by atoms with Crippen molar-refractivity contribution in [3.63, 3.8) is 0 Å². The standard InChI is InChI=1S/C17H21N5O3/c1-11-9-12(2)19-17(18-11)25-13-5-4-8-22(10-13)16(24)14-6-7-15(23)21(3)20-14/h6-7,9,13H,4-5,8,10H2,1-3H3/t13-/m0/s1. The van der Waals surface area contributed by atoms with Crippen LogP contribution in [0, 0.1) is 13.8 Å². The zero-order chi connectivity index (χ0) is 18.0. The minimum Gasteiger partial charge on any atom is -0.458 e. The van der Waals surface area contributed by atoms with Gasteiger partial charge < -0.3 is 9.64 Å². The summed E-state index contributed by atoms with van der Waals surface area (Å²) >= 11 is 0. The summed E-state index contributed by atoms with van der Waals surface area (Å²) < 4.78 is 7.05. The summed E-state index contributed by atoms with van der Waals surface area (Å²) in [5.74, 6) is -0.203. The van der Waals surface area contributed by atoms with E-state index in [-0.39, 0.29) is 23.3 Å². The molecule has 1 atom stereocenters. The number of hydrogen-bond acceptors (Lipinski definition) is 6. The number of aromatic nitrogens is 4. The lowest BCUT2D eigenvalue weighted by Gasteiger charge is -2.32. The number of rotatable bonds is 3. The normalized spacial score (nSPS) is 17.4. The fraction of sp³-hybridized carbons (Fsp3) is 0.471. The van der Waals surface area contributed by atoms with Gasteiger partial charge in [0.1, 0.15) is 11.8 Å². The molecule has 2 aromatic heterocycles. The summed E-state index contributed by atoms with van der Waals surface area (Å²) in [7, 11) is 1.53. The van der Waals surface area contributed by atoms with Crippen LogP contribution in [0.15, 0.2) is 23.0 Å². The Balaban J connectivity index is 1.70. The van der Waals surface area contributed by atoms with Crippen LogP contribution in [0.2, 0.25) is 0 Å². The Kier molecular flexibility index (Phi) is 4.78. The molecule has 0 bridgehead atoms. The van der Waals surface area contributed by atoms with Gasteiger partial charge in [-0.15, -0.1) is 0 Å². The van der Waals surface area contributed by atoms with E-state index in [1.807, 2.05) is 19.9 Å². The molecule has 2 aromatic rings. The van der Waals surface area contributed by atoms with E-state index in [1.54, 1.807) is 4.90 Å². The van der Waals surface area contributed by atoms with Crippen LogP contribution in [0.4, 0.5) is 0 Å². The third-order valence-corrected chi connectivity index (χ3v) is 4.08. The van der Waals surface area contributed by atoms with Gasteiger partial charge in [0, 0.05) is 31.0 Å². The molecule has 0 unspecified atom stereocenters. The number of ether oxygens (including phenoxy) is 1. The highest BCUT2D eigenvalue weighted by atomic mass is 16.5. The van der Waals surface area contributed by atoms with Crippen LogP contribution in [0.25, 0.3) is 0 Å². The van der Waals surface area contributed by atoms with Crippen molar-refractivity contribution in [1.29, 1.82) is 0 Å². The van der Waals surface area contributed by atoms with Gasteiger partial charge in [-0.3, -0.25) is 9.59 Å². The van der Waals surface area contributed by atoms with Gasteiger partial charge in [0.2, 0.25) is 0 Å². The molecular formula is C17H21N5O3. The Morgan fingerprint density at radius 3 is 2.64 bits per heavy atom. The highest BCUT2D eigenvalue weighted by molar-refractivity contribution is 5.92. The zero-order valence-electron chi connectivity index (χ0n) is 14.6. The molecule has 1 aliphatic rings. The quantitative estimate of drug-likeness (QED) is 0.821. The topological polar surface area (TPSA) is 90.2 Å². The van der Waals surface area contributed by atoms with Crippen LogP contribution < -0.4 is 10.3 Å². The summed E-state index contributed by atoms with van der Waals surface area (Å²) in [5, 5.41) is 4.03. The number of amides is 1. The minimum absolute atomic E-state index is 0.161. The van der Waals surface area contributed by atoms with E-state index in [9.17, 15) is 9.59 Å². The fourth-order valence-corrected chi connectivity index (χ4v) is 2.89. The minimum atomic E-state index is -0.247. The molecule has 132 valence electrons. The predicted octanol–water partition coefficient (Wildman–Crippen LogP) is 0.871. The van der Waals surface area contributed by atoms with E-state index < -0.39 is 0 Å². The summed E-state index contributed by atoms with van der Waals surface area (Å²) in [6, 6.07) is 5.04. The zero-order valence-corrected chi connectivity index (χ0v) is 14.6. The molecule has 0 aromatic carbocycles. The lowest BCUT2D eigenvalue weighted by molar-refractivity contribution is 0.0507. The van der Waals surface area contributed by atoms with Crippen LogP contribution >= 0.6 is 0 Å². The molecule has 8 nitrogen and oxygen atoms in total. The summed E-state index contributed by atoms with van der Waals surface area (Å²) in [5.41, 5.74) is 1.70. The molecule has 0 spiro atoms. The van der Waals surface area contributed by atoms with Gasteiger partial charge in [0.15, 0.2) is 0 Å². The van der Waals surface area contributed by atoms with E-state index in [0.717, 1.165) is 28.9 Å². The third kappa shape index (κ3) is 4.01. The van der Waals surface area contributed by atoms with Gasteiger partial charge in [-0.25, -0.2) is 14.6 Å². The molecule has 0 aliphatic carbocycles. The maximum Gasteiger partial charge on any atom is 0.317 e. The van der Waals surface area contributed by atoms with E-state index in [4.69, 9.17) is 4.74 Å². The molecule has 1 fully saturated rings. The molecule has 0 N–H and O–H groups in total. The molecule has 0 radical (unpaired) electrons. The van der Waals surface area contributed by atoms with Crippen LogP contribution in [-0.4, -0.2) is 49.7 Å². The summed E-state index contributed by atoms with van der Waals surface area (Å²) in [4.78, 5) is 34.3. The lowest BCUT2D eigenvalue weighted by Crippen LogP contribution is -2.45. The molecule has 3 rings (SSSR count). The van der Waals surface area contributed by atoms with Crippen molar-refractivity contribution in [3.8, 4) is 6.01 Å². The maximum atomic E-state index is 12.6. The average Bonchev–Trinajstić information content (AvgIpc) is 2.56. The Labute approximate surface area is 145 Å². The van der Waals surface area contributed by atoms with Crippen molar-refractivity contribution < 1.29 is 9.53 Å². The van der Waals surface area contributed by atoms with Gasteiger partial charge in [0.25, 0.3) is 11.5 Å². The molecule has 8 heteroatoms. The van der Waals surface area contributed by atoms with Crippen molar-refractivity contribution in [2.75, 3.05) is 13.1 Å². The smallest absolute Gasteiger partial charge is 0.317 e. The molecular weight excluding hydrogens is 322 g/mol. The van der Waals surface area contributed by atoms with E-state index >= 15 is 0 Å². The van der Waals surface area contributed by atoms with Gasteiger partial charge >= 0.3 is 6.01 Å². The van der Waals surface area contributed by atoms with Crippen molar-refractivity contribution in [3.05, 3.63) is 45.6 Å². The van der Waals surface area contributed by atoms with E-state index in [0.29, 0.717) is 19.1 Å². The largest absolute Gasteiger partial charge is 0.458 e. The third-order valence-electron chi connectivity index (χ3n) is 4.08. The first-order valence-corrected chi connectivity index (χ1v) is 8.25. The van der Waals surface area contributed by atoms with Crippen LogP contribution in [0.1, 0.15) is 34.7 Å². The molecule has 1 saturated heterocycles. The Morgan fingerprint density at radius 2 is 1.96 bits per heavy atom. The summed E-state index contributed by atoms with van der Waals surface area (Å²) in [6.07, 6.45) is 1.50. The predicted molar refractivity (Wildman–Crippen MR) is 90.5 cm³/mol. The first-order valence-electron chi connectivity index (χ1n) is 8.25. The Morgan fingerprint density at radius 1 is 1.24 bits per heavy atom. The van der Waals surface area contributed by atoms with Crippen molar-refractivity contribution >= 4 is 5.91 Å². The molecule has 0 saturated carbocycles. The first kappa shape index (κ1) is 17.1. The van der Waals surface area contributed by atoms with Crippen LogP contribution in [0.3, 0.4) is 0 Å². The number of likely N-dealkylation sites (tertiary alicyclic amines) is 1. The number of aryl methyl sites for hydroxylation is 3. The van der Waals surface area contributed by atoms with E-state index in [2.05, 4.69) is 15.1 Å². The second-order valence-electron chi connectivity index (χ2n) is 6.25. The van der Waals surface area contributed by atoms with Gasteiger partial charge in [-0.2, -0.15) is 5.10 Å². The van der Waals surface area contributed by atoms with Crippen molar-refractivity contribution in [2.45, 2.75) is 32.8 Å². The van der Waals surface area contributed by atoms with Gasteiger partial charge in [-0.1, -0.05) is 0 Å².